The summed E-state index contributed by atoms with van der Waals surface area (Å²) in [5.74, 6) is 0. The summed E-state index contributed by atoms with van der Waals surface area (Å²) in [5.41, 5.74) is 8.68. The number of hydrogen-bond acceptors (Lipinski definition) is 2. The van der Waals surface area contributed by atoms with Crippen molar-refractivity contribution in [2.24, 2.45) is 0 Å². The van der Waals surface area contributed by atoms with Gasteiger partial charge in [-0.2, -0.15) is 0 Å². The molecule has 204 valence electrons. The van der Waals surface area contributed by atoms with Crippen molar-refractivity contribution in [1.82, 2.24) is 0 Å². The second-order valence-corrected chi connectivity index (χ2v) is 13.3. The second kappa shape index (κ2) is 11.0. The van der Waals surface area contributed by atoms with Gasteiger partial charge >= 0.3 is 0 Å². The standard InChI is InChI=1S/C37H31Cl2NS/c1-24-19-31(38)36(39)33(20-24)40(29-15-10-14-26(21-29)35-22-27-13-8-9-16-34(27)41-35)32-18-17-28(37(2,3)4)23-30(32)25-11-6-5-7-12-25/h5-23H,1-4H3. The van der Waals surface area contributed by atoms with E-state index in [-0.39, 0.29) is 5.41 Å². The summed E-state index contributed by atoms with van der Waals surface area (Å²) in [6.45, 7) is 8.80. The number of rotatable bonds is 5. The Morgan fingerprint density at radius 3 is 2.15 bits per heavy atom. The summed E-state index contributed by atoms with van der Waals surface area (Å²) in [4.78, 5) is 3.49. The molecule has 5 aromatic carbocycles. The van der Waals surface area contributed by atoms with Gasteiger partial charge in [-0.3, -0.25) is 0 Å². The van der Waals surface area contributed by atoms with Crippen LogP contribution in [0.3, 0.4) is 0 Å². The van der Waals surface area contributed by atoms with Gasteiger partial charge in [-0.05, 0) is 88.5 Å². The predicted octanol–water partition coefficient (Wildman–Crippen LogP) is 12.6. The van der Waals surface area contributed by atoms with Crippen LogP contribution in [0.15, 0.2) is 115 Å². The van der Waals surface area contributed by atoms with Gasteiger partial charge in [0.1, 0.15) is 0 Å². The highest BCUT2D eigenvalue weighted by atomic mass is 35.5. The number of anilines is 3. The number of halogens is 2. The van der Waals surface area contributed by atoms with E-state index in [2.05, 4.69) is 142 Å². The van der Waals surface area contributed by atoms with E-state index in [1.807, 2.05) is 17.4 Å². The highest BCUT2D eigenvalue weighted by Crippen LogP contribution is 2.47. The lowest BCUT2D eigenvalue weighted by Crippen LogP contribution is -2.15. The zero-order valence-corrected chi connectivity index (χ0v) is 25.9. The molecule has 6 aromatic rings. The first-order valence-electron chi connectivity index (χ1n) is 13.7. The highest BCUT2D eigenvalue weighted by molar-refractivity contribution is 7.22. The second-order valence-electron chi connectivity index (χ2n) is 11.5. The molecule has 0 saturated heterocycles. The van der Waals surface area contributed by atoms with E-state index in [1.54, 1.807) is 0 Å². The van der Waals surface area contributed by atoms with Crippen LogP contribution in [0.5, 0.6) is 0 Å². The van der Waals surface area contributed by atoms with Crippen LogP contribution in [-0.4, -0.2) is 0 Å². The van der Waals surface area contributed by atoms with Crippen molar-refractivity contribution in [2.75, 3.05) is 4.90 Å². The molecular formula is C37H31Cl2NS. The van der Waals surface area contributed by atoms with Crippen molar-refractivity contribution < 1.29 is 0 Å². The summed E-state index contributed by atoms with van der Waals surface area (Å²) in [5, 5.41) is 2.33. The molecule has 1 aromatic heterocycles. The van der Waals surface area contributed by atoms with Gasteiger partial charge in [0.05, 0.1) is 21.4 Å². The predicted molar refractivity (Wildman–Crippen MR) is 181 cm³/mol. The van der Waals surface area contributed by atoms with Crippen molar-refractivity contribution in [2.45, 2.75) is 33.1 Å². The fraction of sp³-hybridized carbons (Fsp3) is 0.135. The molecule has 4 heteroatoms. The molecule has 41 heavy (non-hydrogen) atoms. The van der Waals surface area contributed by atoms with E-state index < -0.39 is 0 Å². The van der Waals surface area contributed by atoms with Crippen molar-refractivity contribution in [3.8, 4) is 21.6 Å². The first kappa shape index (κ1) is 27.6. The molecule has 1 heterocycles. The summed E-state index contributed by atoms with van der Waals surface area (Å²) in [6, 6.07) is 40.9. The zero-order chi connectivity index (χ0) is 28.7. The van der Waals surface area contributed by atoms with Crippen LogP contribution in [0.1, 0.15) is 31.9 Å². The average Bonchev–Trinajstić information content (AvgIpc) is 3.41. The molecule has 0 N–H and O–H groups in total. The minimum absolute atomic E-state index is 0.00171. The number of nitrogens with zero attached hydrogens (tertiary/aromatic N) is 1. The van der Waals surface area contributed by atoms with E-state index in [9.17, 15) is 0 Å². The van der Waals surface area contributed by atoms with Crippen molar-refractivity contribution >= 4 is 61.7 Å². The van der Waals surface area contributed by atoms with Crippen LogP contribution in [-0.2, 0) is 5.41 Å². The molecule has 0 atom stereocenters. The molecule has 0 bridgehead atoms. The van der Waals surface area contributed by atoms with Crippen molar-refractivity contribution in [1.29, 1.82) is 0 Å². The third-order valence-electron chi connectivity index (χ3n) is 7.40. The summed E-state index contributed by atoms with van der Waals surface area (Å²) >= 11 is 15.5. The minimum Gasteiger partial charge on any atom is -0.308 e. The molecule has 0 radical (unpaired) electrons. The Balaban J connectivity index is 1.61. The fourth-order valence-corrected chi connectivity index (χ4v) is 6.77. The lowest BCUT2D eigenvalue weighted by atomic mass is 9.84. The van der Waals surface area contributed by atoms with Crippen LogP contribution in [0.4, 0.5) is 17.1 Å². The number of fused-ring (bicyclic) bond motifs is 1. The smallest absolute Gasteiger partial charge is 0.0832 e. The third-order valence-corrected chi connectivity index (χ3v) is 9.35. The maximum Gasteiger partial charge on any atom is 0.0832 e. The molecule has 0 fully saturated rings. The Morgan fingerprint density at radius 1 is 0.659 bits per heavy atom. The SMILES string of the molecule is Cc1cc(Cl)c(Cl)c(N(c2cccc(-c3cc4ccccc4s3)c2)c2ccc(C(C)(C)C)cc2-c2ccccc2)c1. The van der Waals surface area contributed by atoms with Crippen LogP contribution in [0.2, 0.25) is 10.0 Å². The van der Waals surface area contributed by atoms with Gasteiger partial charge in [0.15, 0.2) is 0 Å². The van der Waals surface area contributed by atoms with Gasteiger partial charge in [0.25, 0.3) is 0 Å². The highest BCUT2D eigenvalue weighted by Gasteiger charge is 2.24. The molecule has 0 aliphatic heterocycles. The van der Waals surface area contributed by atoms with E-state index in [0.717, 1.165) is 39.3 Å². The van der Waals surface area contributed by atoms with Crippen LogP contribution >= 0.6 is 34.5 Å². The molecule has 0 aliphatic rings. The average molecular weight is 593 g/mol. The number of aryl methyl sites for hydroxylation is 1. The van der Waals surface area contributed by atoms with E-state index >= 15 is 0 Å². The van der Waals surface area contributed by atoms with Gasteiger partial charge in [-0.1, -0.05) is 111 Å². The van der Waals surface area contributed by atoms with Gasteiger partial charge in [0.2, 0.25) is 0 Å². The van der Waals surface area contributed by atoms with Crippen molar-refractivity contribution in [3.05, 3.63) is 136 Å². The first-order chi connectivity index (χ1) is 19.7. The fourth-order valence-electron chi connectivity index (χ4n) is 5.25. The maximum atomic E-state index is 7.00. The normalized spacial score (nSPS) is 11.7. The van der Waals surface area contributed by atoms with Gasteiger partial charge in [0, 0.05) is 20.8 Å². The Morgan fingerprint density at radius 2 is 1.39 bits per heavy atom. The monoisotopic (exact) mass is 591 g/mol. The summed E-state index contributed by atoms with van der Waals surface area (Å²) in [6.07, 6.45) is 0. The maximum absolute atomic E-state index is 7.00. The molecule has 0 spiro atoms. The first-order valence-corrected chi connectivity index (χ1v) is 15.3. The molecule has 0 saturated carbocycles. The minimum atomic E-state index is -0.00171. The zero-order valence-electron chi connectivity index (χ0n) is 23.6. The van der Waals surface area contributed by atoms with Gasteiger partial charge < -0.3 is 4.90 Å². The van der Waals surface area contributed by atoms with Gasteiger partial charge in [-0.25, -0.2) is 0 Å². The quantitative estimate of drug-likeness (QED) is 0.192. The van der Waals surface area contributed by atoms with E-state index in [4.69, 9.17) is 23.2 Å². The van der Waals surface area contributed by atoms with Crippen LogP contribution in [0.25, 0.3) is 31.7 Å². The Kier molecular flexibility index (Phi) is 7.42. The Bertz CT molecular complexity index is 1830. The van der Waals surface area contributed by atoms with Gasteiger partial charge in [-0.15, -0.1) is 11.3 Å². The molecule has 0 aliphatic carbocycles. The topological polar surface area (TPSA) is 3.24 Å². The molecule has 0 amide bonds. The van der Waals surface area contributed by atoms with E-state index in [1.165, 1.54) is 20.5 Å². The van der Waals surface area contributed by atoms with Crippen LogP contribution < -0.4 is 4.90 Å². The lowest BCUT2D eigenvalue weighted by molar-refractivity contribution is 0.590. The Labute approximate surface area is 256 Å². The molecule has 6 rings (SSSR count). The van der Waals surface area contributed by atoms with Crippen LogP contribution in [0, 0.1) is 6.92 Å². The molecule has 0 unspecified atom stereocenters. The Hall–Kier alpha value is -3.56. The summed E-state index contributed by atoms with van der Waals surface area (Å²) in [7, 11) is 0. The molecule has 1 nitrogen and oxygen atoms in total. The summed E-state index contributed by atoms with van der Waals surface area (Å²) < 4.78 is 1.28. The number of thiophene rings is 1. The van der Waals surface area contributed by atoms with Crippen molar-refractivity contribution in [3.63, 3.8) is 0 Å². The molecular weight excluding hydrogens is 561 g/mol. The largest absolute Gasteiger partial charge is 0.308 e. The lowest BCUT2D eigenvalue weighted by Gasteiger charge is -2.31. The number of hydrogen-bond donors (Lipinski definition) is 0. The third kappa shape index (κ3) is 5.53. The number of benzene rings is 5. The van der Waals surface area contributed by atoms with E-state index in [0.29, 0.717) is 10.0 Å².